The lowest BCUT2D eigenvalue weighted by Crippen LogP contribution is -2.09. The number of carbonyl (C=O) groups is 1. The molecular weight excluding hydrogens is 285 g/mol. The number of hydrogen-bond donors (Lipinski definition) is 1. The zero-order chi connectivity index (χ0) is 13.4. The van der Waals surface area contributed by atoms with Crippen LogP contribution in [0.5, 0.6) is 0 Å². The molecule has 3 rings (SSSR count). The molecule has 2 heterocycles. The van der Waals surface area contributed by atoms with Gasteiger partial charge in [-0.05, 0) is 25.1 Å². The molecule has 1 amide bonds. The van der Waals surface area contributed by atoms with Crippen LogP contribution >= 0.6 is 22.7 Å². The number of fused-ring (bicyclic) bond motifs is 1. The number of thiophene rings is 1. The highest BCUT2D eigenvalue weighted by atomic mass is 32.1. The zero-order valence-electron chi connectivity index (χ0n) is 9.81. The van der Waals surface area contributed by atoms with Crippen LogP contribution in [0.3, 0.4) is 0 Å². The second-order valence-corrected chi connectivity index (χ2v) is 6.11. The maximum Gasteiger partial charge on any atom is 0.267 e. The summed E-state index contributed by atoms with van der Waals surface area (Å²) in [5.41, 5.74) is 0. The van der Waals surface area contributed by atoms with Crippen molar-refractivity contribution in [1.82, 2.24) is 10.2 Å². The first kappa shape index (κ1) is 12.2. The number of anilines is 1. The summed E-state index contributed by atoms with van der Waals surface area (Å²) in [5.74, 6) is -0.615. The smallest absolute Gasteiger partial charge is 0.267 e. The molecule has 4 nitrogen and oxygen atoms in total. The van der Waals surface area contributed by atoms with E-state index in [-0.39, 0.29) is 11.7 Å². The number of hydrogen-bond acceptors (Lipinski definition) is 5. The standard InChI is InChI=1S/C12H8FN3OS2/c1-6-15-16-12(18-6)14-11(17)10-5-7-8(13)3-2-4-9(7)19-10/h2-5H,1H3,(H,14,16,17). The summed E-state index contributed by atoms with van der Waals surface area (Å²) in [4.78, 5) is 12.5. The van der Waals surface area contributed by atoms with E-state index in [1.165, 1.54) is 28.7 Å². The first-order valence-corrected chi connectivity index (χ1v) is 7.06. The molecule has 0 aliphatic heterocycles. The van der Waals surface area contributed by atoms with E-state index in [0.717, 1.165) is 9.71 Å². The molecule has 7 heteroatoms. The van der Waals surface area contributed by atoms with Gasteiger partial charge in [-0.1, -0.05) is 17.4 Å². The Hall–Kier alpha value is -1.86. The molecule has 1 N–H and O–H groups in total. The second-order valence-electron chi connectivity index (χ2n) is 3.84. The maximum atomic E-state index is 13.5. The van der Waals surface area contributed by atoms with Crippen molar-refractivity contribution in [2.45, 2.75) is 6.92 Å². The van der Waals surface area contributed by atoms with Crippen molar-refractivity contribution in [3.05, 3.63) is 40.0 Å². The average molecular weight is 293 g/mol. The second kappa shape index (κ2) is 4.67. The molecule has 2 aromatic heterocycles. The summed E-state index contributed by atoms with van der Waals surface area (Å²) >= 11 is 2.55. The highest BCUT2D eigenvalue weighted by molar-refractivity contribution is 7.21. The Morgan fingerprint density at radius 1 is 1.32 bits per heavy atom. The van der Waals surface area contributed by atoms with Crippen molar-refractivity contribution in [2.24, 2.45) is 0 Å². The van der Waals surface area contributed by atoms with Crippen molar-refractivity contribution >= 4 is 43.8 Å². The van der Waals surface area contributed by atoms with E-state index in [9.17, 15) is 9.18 Å². The number of aromatic nitrogens is 2. The number of halogens is 1. The molecule has 0 atom stereocenters. The predicted molar refractivity (Wildman–Crippen MR) is 74.4 cm³/mol. The SMILES string of the molecule is Cc1nnc(NC(=O)c2cc3c(F)cccc3s2)s1. The van der Waals surface area contributed by atoms with Crippen molar-refractivity contribution in [2.75, 3.05) is 5.32 Å². The Bertz CT molecular complexity index is 765. The Balaban J connectivity index is 1.91. The van der Waals surface area contributed by atoms with Gasteiger partial charge >= 0.3 is 0 Å². The highest BCUT2D eigenvalue weighted by Crippen LogP contribution is 2.28. The number of aryl methyl sites for hydroxylation is 1. The van der Waals surface area contributed by atoms with Crippen LogP contribution in [-0.2, 0) is 0 Å². The Labute approximate surface area is 115 Å². The minimum absolute atomic E-state index is 0.295. The number of benzene rings is 1. The molecule has 0 aliphatic carbocycles. The Kier molecular flexibility index (Phi) is 3.00. The summed E-state index contributed by atoms with van der Waals surface area (Å²) in [7, 11) is 0. The van der Waals surface area contributed by atoms with E-state index < -0.39 is 0 Å². The van der Waals surface area contributed by atoms with E-state index in [1.54, 1.807) is 18.2 Å². The minimum Gasteiger partial charge on any atom is -0.296 e. The van der Waals surface area contributed by atoms with Gasteiger partial charge in [0.1, 0.15) is 10.8 Å². The number of rotatable bonds is 2. The van der Waals surface area contributed by atoms with Gasteiger partial charge in [-0.15, -0.1) is 21.5 Å². The van der Waals surface area contributed by atoms with Gasteiger partial charge in [0.2, 0.25) is 5.13 Å². The molecule has 96 valence electrons. The molecule has 0 saturated carbocycles. The molecule has 0 unspecified atom stereocenters. The summed E-state index contributed by atoms with van der Waals surface area (Å²) < 4.78 is 14.3. The Morgan fingerprint density at radius 2 is 2.16 bits per heavy atom. The van der Waals surface area contributed by atoms with Crippen LogP contribution in [-0.4, -0.2) is 16.1 Å². The molecule has 19 heavy (non-hydrogen) atoms. The normalized spacial score (nSPS) is 10.8. The third kappa shape index (κ3) is 2.34. The molecule has 0 aliphatic rings. The van der Waals surface area contributed by atoms with Crippen LogP contribution in [0.2, 0.25) is 0 Å². The fraction of sp³-hybridized carbons (Fsp3) is 0.0833. The summed E-state index contributed by atoms with van der Waals surface area (Å²) in [6.45, 7) is 1.81. The van der Waals surface area contributed by atoms with Crippen LogP contribution in [0.4, 0.5) is 9.52 Å². The third-order valence-corrected chi connectivity index (χ3v) is 4.33. The van der Waals surface area contributed by atoms with Crippen molar-refractivity contribution in [3.63, 3.8) is 0 Å². The summed E-state index contributed by atoms with van der Waals surface area (Å²) in [6, 6.07) is 6.35. The van der Waals surface area contributed by atoms with Gasteiger partial charge in [-0.3, -0.25) is 10.1 Å². The van der Waals surface area contributed by atoms with Crippen LogP contribution in [0, 0.1) is 12.7 Å². The van der Waals surface area contributed by atoms with Gasteiger partial charge in [0, 0.05) is 10.1 Å². The lowest BCUT2D eigenvalue weighted by molar-refractivity contribution is 0.103. The van der Waals surface area contributed by atoms with E-state index in [1.807, 2.05) is 6.92 Å². The number of nitrogens with zero attached hydrogens (tertiary/aromatic N) is 2. The van der Waals surface area contributed by atoms with Crippen LogP contribution in [0.25, 0.3) is 10.1 Å². The van der Waals surface area contributed by atoms with Crippen LogP contribution in [0.15, 0.2) is 24.3 Å². The van der Waals surface area contributed by atoms with E-state index >= 15 is 0 Å². The molecule has 0 bridgehead atoms. The maximum absolute atomic E-state index is 13.5. The van der Waals surface area contributed by atoms with Gasteiger partial charge in [-0.2, -0.15) is 0 Å². The molecule has 3 aromatic rings. The number of amides is 1. The van der Waals surface area contributed by atoms with Gasteiger partial charge < -0.3 is 0 Å². The first-order chi connectivity index (χ1) is 9.13. The molecule has 0 saturated heterocycles. The molecule has 1 aromatic carbocycles. The fourth-order valence-electron chi connectivity index (χ4n) is 1.64. The van der Waals surface area contributed by atoms with Crippen molar-refractivity contribution in [1.29, 1.82) is 0 Å². The van der Waals surface area contributed by atoms with Crippen molar-refractivity contribution in [3.8, 4) is 0 Å². The first-order valence-electron chi connectivity index (χ1n) is 5.43. The quantitative estimate of drug-likeness (QED) is 0.787. The minimum atomic E-state index is -0.320. The Morgan fingerprint density at radius 3 is 2.84 bits per heavy atom. The van der Waals surface area contributed by atoms with E-state index in [4.69, 9.17) is 0 Å². The molecule has 0 radical (unpaired) electrons. The highest BCUT2D eigenvalue weighted by Gasteiger charge is 2.14. The van der Waals surface area contributed by atoms with Gasteiger partial charge in [-0.25, -0.2) is 4.39 Å². The predicted octanol–water partition coefficient (Wildman–Crippen LogP) is 3.45. The third-order valence-electron chi connectivity index (χ3n) is 2.48. The largest absolute Gasteiger partial charge is 0.296 e. The molecule has 0 spiro atoms. The zero-order valence-corrected chi connectivity index (χ0v) is 11.4. The molecule has 0 fully saturated rings. The van der Waals surface area contributed by atoms with Gasteiger partial charge in [0.05, 0.1) is 4.88 Å². The van der Waals surface area contributed by atoms with Crippen LogP contribution < -0.4 is 5.32 Å². The fourth-order valence-corrected chi connectivity index (χ4v) is 3.20. The van der Waals surface area contributed by atoms with Gasteiger partial charge in [0.15, 0.2) is 0 Å². The van der Waals surface area contributed by atoms with Crippen LogP contribution in [0.1, 0.15) is 14.7 Å². The topological polar surface area (TPSA) is 54.9 Å². The van der Waals surface area contributed by atoms with Gasteiger partial charge in [0.25, 0.3) is 5.91 Å². The number of carbonyl (C=O) groups excluding carboxylic acids is 1. The summed E-state index contributed by atoms with van der Waals surface area (Å²) in [5, 5.41) is 12.0. The summed E-state index contributed by atoms with van der Waals surface area (Å²) in [6.07, 6.45) is 0. The van der Waals surface area contributed by atoms with Crippen molar-refractivity contribution < 1.29 is 9.18 Å². The molecular formula is C12H8FN3OS2. The lowest BCUT2D eigenvalue weighted by Gasteiger charge is -1.95. The average Bonchev–Trinajstić information content (AvgIpc) is 2.96. The van der Waals surface area contributed by atoms with E-state index in [0.29, 0.717) is 15.4 Å². The monoisotopic (exact) mass is 293 g/mol. The van der Waals surface area contributed by atoms with E-state index in [2.05, 4.69) is 15.5 Å². The number of nitrogens with one attached hydrogen (secondary N) is 1. The lowest BCUT2D eigenvalue weighted by atomic mass is 10.2.